The van der Waals surface area contributed by atoms with Crippen LogP contribution in [0.25, 0.3) is 11.0 Å². The fraction of sp³-hybridized carbons (Fsp3) is 0.208. The van der Waals surface area contributed by atoms with Crippen molar-refractivity contribution in [1.29, 1.82) is 0 Å². The highest BCUT2D eigenvalue weighted by molar-refractivity contribution is 7.00. The van der Waals surface area contributed by atoms with Gasteiger partial charge in [0.25, 0.3) is 0 Å². The SMILES string of the molecule is O=C(Nc1cccc2nsnc12)N1CCN(Cc2cccc(Oc3ccc(Cl)c(Cl)c3)c2)CC1. The second-order valence-corrected chi connectivity index (χ2v) is 9.30. The molecule has 0 spiro atoms. The molecule has 4 aromatic rings. The van der Waals surface area contributed by atoms with Crippen LogP contribution in [-0.4, -0.2) is 50.8 Å². The highest BCUT2D eigenvalue weighted by atomic mass is 35.5. The molecule has 10 heteroatoms. The zero-order valence-electron chi connectivity index (χ0n) is 18.1. The zero-order valence-corrected chi connectivity index (χ0v) is 20.4. The first-order valence-corrected chi connectivity index (χ1v) is 12.3. The Morgan fingerprint density at radius 1 is 0.941 bits per heavy atom. The summed E-state index contributed by atoms with van der Waals surface area (Å²) in [7, 11) is 0. The second kappa shape index (κ2) is 10.1. The molecule has 3 aromatic carbocycles. The molecular weight excluding hydrogens is 493 g/mol. The first-order valence-electron chi connectivity index (χ1n) is 10.8. The van der Waals surface area contributed by atoms with Gasteiger partial charge in [0.2, 0.25) is 0 Å². The number of halogens is 2. The van der Waals surface area contributed by atoms with E-state index >= 15 is 0 Å². The van der Waals surface area contributed by atoms with E-state index in [4.69, 9.17) is 27.9 Å². The first-order chi connectivity index (χ1) is 16.5. The largest absolute Gasteiger partial charge is 0.457 e. The van der Waals surface area contributed by atoms with E-state index in [0.29, 0.717) is 34.6 Å². The predicted molar refractivity (Wildman–Crippen MR) is 136 cm³/mol. The van der Waals surface area contributed by atoms with E-state index in [-0.39, 0.29) is 6.03 Å². The maximum absolute atomic E-state index is 12.8. The van der Waals surface area contributed by atoms with Gasteiger partial charge in [0.05, 0.1) is 27.5 Å². The Hall–Kier alpha value is -2.91. The van der Waals surface area contributed by atoms with Crippen molar-refractivity contribution in [2.24, 2.45) is 0 Å². The summed E-state index contributed by atoms with van der Waals surface area (Å²) < 4.78 is 14.5. The lowest BCUT2D eigenvalue weighted by atomic mass is 10.2. The van der Waals surface area contributed by atoms with Gasteiger partial charge in [-0.3, -0.25) is 4.90 Å². The third-order valence-corrected chi connectivity index (χ3v) is 6.90. The van der Waals surface area contributed by atoms with Gasteiger partial charge in [-0.15, -0.1) is 0 Å². The van der Waals surface area contributed by atoms with Gasteiger partial charge in [0, 0.05) is 38.8 Å². The molecule has 1 N–H and O–H groups in total. The molecule has 0 radical (unpaired) electrons. The van der Waals surface area contributed by atoms with Gasteiger partial charge in [-0.25, -0.2) is 4.79 Å². The number of carbonyl (C=O) groups is 1. The number of carbonyl (C=O) groups excluding carboxylic acids is 1. The number of ether oxygens (including phenoxy) is 1. The van der Waals surface area contributed by atoms with Crippen molar-refractivity contribution in [3.8, 4) is 11.5 Å². The monoisotopic (exact) mass is 513 g/mol. The summed E-state index contributed by atoms with van der Waals surface area (Å²) in [6, 6.07) is 18.7. The van der Waals surface area contributed by atoms with Crippen LogP contribution >= 0.6 is 34.9 Å². The standard InChI is InChI=1S/C24H21Cl2N5O2S/c25-19-8-7-18(14-20(19)26)33-17-4-1-3-16(13-17)15-30-9-11-31(12-10-30)24(32)27-21-5-2-6-22-23(21)29-34-28-22/h1-8,13-14H,9-12,15H2,(H,27,32). The Balaban J connectivity index is 1.15. The molecule has 1 saturated heterocycles. The number of aromatic nitrogens is 2. The van der Waals surface area contributed by atoms with Gasteiger partial charge in [0.15, 0.2) is 0 Å². The highest BCUT2D eigenvalue weighted by Crippen LogP contribution is 2.30. The fourth-order valence-electron chi connectivity index (χ4n) is 3.85. The summed E-state index contributed by atoms with van der Waals surface area (Å²) >= 11 is 13.2. The lowest BCUT2D eigenvalue weighted by Gasteiger charge is -2.34. The molecule has 34 heavy (non-hydrogen) atoms. The second-order valence-electron chi connectivity index (χ2n) is 7.96. The Kier molecular flexibility index (Phi) is 6.82. The van der Waals surface area contributed by atoms with Crippen LogP contribution in [0.15, 0.2) is 60.7 Å². The van der Waals surface area contributed by atoms with Crippen LogP contribution in [0.1, 0.15) is 5.56 Å². The zero-order chi connectivity index (χ0) is 23.5. The number of amides is 2. The lowest BCUT2D eigenvalue weighted by Crippen LogP contribution is -2.49. The third kappa shape index (κ3) is 5.26. The molecule has 1 fully saturated rings. The Morgan fingerprint density at radius 3 is 2.56 bits per heavy atom. The van der Waals surface area contributed by atoms with E-state index in [0.717, 1.165) is 53.7 Å². The van der Waals surface area contributed by atoms with Crippen LogP contribution in [0.5, 0.6) is 11.5 Å². The van der Waals surface area contributed by atoms with E-state index in [2.05, 4.69) is 25.0 Å². The van der Waals surface area contributed by atoms with Crippen LogP contribution in [0, 0.1) is 0 Å². The number of urea groups is 1. The average Bonchev–Trinajstić information content (AvgIpc) is 3.32. The molecular formula is C24H21Cl2N5O2S. The molecule has 1 aromatic heterocycles. The summed E-state index contributed by atoms with van der Waals surface area (Å²) in [6.45, 7) is 3.65. The van der Waals surface area contributed by atoms with E-state index in [1.807, 2.05) is 41.3 Å². The molecule has 174 valence electrons. The third-order valence-electron chi connectivity index (χ3n) is 5.62. The van der Waals surface area contributed by atoms with E-state index in [9.17, 15) is 4.79 Å². The molecule has 7 nitrogen and oxygen atoms in total. The summed E-state index contributed by atoms with van der Waals surface area (Å²) in [5.41, 5.74) is 3.34. The fourth-order valence-corrected chi connectivity index (χ4v) is 4.69. The average molecular weight is 514 g/mol. The van der Waals surface area contributed by atoms with Crippen molar-refractivity contribution < 1.29 is 9.53 Å². The van der Waals surface area contributed by atoms with Gasteiger partial charge >= 0.3 is 6.03 Å². The van der Waals surface area contributed by atoms with Crippen molar-refractivity contribution in [2.75, 3.05) is 31.5 Å². The number of benzene rings is 3. The quantitative estimate of drug-likeness (QED) is 0.347. The molecule has 2 amide bonds. The van der Waals surface area contributed by atoms with Crippen molar-refractivity contribution in [3.63, 3.8) is 0 Å². The lowest BCUT2D eigenvalue weighted by molar-refractivity contribution is 0.143. The molecule has 5 rings (SSSR count). The van der Waals surface area contributed by atoms with Crippen LogP contribution in [-0.2, 0) is 6.54 Å². The van der Waals surface area contributed by atoms with Gasteiger partial charge in [0.1, 0.15) is 22.5 Å². The number of anilines is 1. The maximum atomic E-state index is 12.8. The number of nitrogens with zero attached hydrogens (tertiary/aromatic N) is 4. The summed E-state index contributed by atoms with van der Waals surface area (Å²) in [6.07, 6.45) is 0. The number of hydrogen-bond acceptors (Lipinski definition) is 6. The topological polar surface area (TPSA) is 70.6 Å². The first kappa shape index (κ1) is 22.9. The highest BCUT2D eigenvalue weighted by Gasteiger charge is 2.22. The molecule has 1 aliphatic rings. The number of hydrogen-bond donors (Lipinski definition) is 1. The summed E-state index contributed by atoms with van der Waals surface area (Å²) in [5, 5.41) is 3.93. The van der Waals surface area contributed by atoms with E-state index in [1.165, 1.54) is 0 Å². The number of piperazine rings is 1. The smallest absolute Gasteiger partial charge is 0.321 e. The van der Waals surface area contributed by atoms with Gasteiger partial charge < -0.3 is 15.0 Å². The molecule has 0 atom stereocenters. The molecule has 0 unspecified atom stereocenters. The van der Waals surface area contributed by atoms with Crippen molar-refractivity contribution in [3.05, 3.63) is 76.3 Å². The molecule has 1 aliphatic heterocycles. The molecule has 2 heterocycles. The molecule has 0 bridgehead atoms. The Labute approximate surface area is 211 Å². The molecule has 0 saturated carbocycles. The Morgan fingerprint density at radius 2 is 1.74 bits per heavy atom. The summed E-state index contributed by atoms with van der Waals surface area (Å²) in [4.78, 5) is 16.9. The number of nitrogens with one attached hydrogen (secondary N) is 1. The van der Waals surface area contributed by atoms with Crippen molar-refractivity contribution >= 4 is 57.7 Å². The number of fused-ring (bicyclic) bond motifs is 1. The minimum Gasteiger partial charge on any atom is -0.457 e. The minimum atomic E-state index is -0.114. The predicted octanol–water partition coefficient (Wildman–Crippen LogP) is 6.14. The van der Waals surface area contributed by atoms with Gasteiger partial charge in [-0.1, -0.05) is 41.4 Å². The Bertz CT molecular complexity index is 1320. The minimum absolute atomic E-state index is 0.114. The summed E-state index contributed by atoms with van der Waals surface area (Å²) in [5.74, 6) is 1.37. The van der Waals surface area contributed by atoms with Crippen molar-refractivity contribution in [1.82, 2.24) is 18.5 Å². The normalized spacial score (nSPS) is 14.4. The van der Waals surface area contributed by atoms with Crippen LogP contribution in [0.2, 0.25) is 10.0 Å². The van der Waals surface area contributed by atoms with E-state index in [1.54, 1.807) is 18.2 Å². The van der Waals surface area contributed by atoms with E-state index < -0.39 is 0 Å². The van der Waals surface area contributed by atoms with Crippen LogP contribution in [0.3, 0.4) is 0 Å². The van der Waals surface area contributed by atoms with Gasteiger partial charge in [-0.05, 0) is 42.0 Å². The van der Waals surface area contributed by atoms with Crippen LogP contribution < -0.4 is 10.1 Å². The molecule has 0 aliphatic carbocycles. The van der Waals surface area contributed by atoms with Crippen LogP contribution in [0.4, 0.5) is 10.5 Å². The number of rotatable bonds is 5. The maximum Gasteiger partial charge on any atom is 0.321 e. The van der Waals surface area contributed by atoms with Gasteiger partial charge in [-0.2, -0.15) is 8.75 Å². The van der Waals surface area contributed by atoms with Crippen molar-refractivity contribution in [2.45, 2.75) is 6.54 Å².